The number of aromatic nitrogens is 2. The van der Waals surface area contributed by atoms with E-state index in [1.54, 1.807) is 49.1 Å². The van der Waals surface area contributed by atoms with Crippen LogP contribution in [0.15, 0.2) is 52.4 Å². The fourth-order valence-electron chi connectivity index (χ4n) is 3.89. The molecule has 3 aromatic rings. The van der Waals surface area contributed by atoms with Crippen molar-refractivity contribution in [3.63, 3.8) is 0 Å². The Balaban J connectivity index is 1.73. The second-order valence-electron chi connectivity index (χ2n) is 7.55. The first-order valence-electron chi connectivity index (χ1n) is 10.5. The SMILES string of the molecule is CCOc1cc([C@@H]2CC(=O)Nc3c2c(=O)nc(SCc2ccccc2F)n3C)ccc1OC. The smallest absolute Gasteiger partial charge is 0.279 e. The van der Waals surface area contributed by atoms with E-state index in [0.29, 0.717) is 46.0 Å². The van der Waals surface area contributed by atoms with Gasteiger partial charge in [0.25, 0.3) is 5.56 Å². The third-order valence-electron chi connectivity index (χ3n) is 5.51. The molecule has 1 aliphatic rings. The Labute approximate surface area is 194 Å². The molecule has 0 aliphatic carbocycles. The Morgan fingerprint density at radius 3 is 2.73 bits per heavy atom. The highest BCUT2D eigenvalue weighted by molar-refractivity contribution is 7.98. The van der Waals surface area contributed by atoms with Gasteiger partial charge in [0.2, 0.25) is 5.91 Å². The van der Waals surface area contributed by atoms with Gasteiger partial charge < -0.3 is 19.4 Å². The van der Waals surface area contributed by atoms with Gasteiger partial charge in [-0.1, -0.05) is 36.0 Å². The summed E-state index contributed by atoms with van der Waals surface area (Å²) in [4.78, 5) is 30.0. The summed E-state index contributed by atoms with van der Waals surface area (Å²) in [6.07, 6.45) is 0.115. The van der Waals surface area contributed by atoms with Crippen LogP contribution in [0.3, 0.4) is 0 Å². The number of anilines is 1. The quantitative estimate of drug-likeness (QED) is 0.415. The standard InChI is InChI=1S/C24H24FN3O4S/c1-4-32-19-11-14(9-10-18(19)31-3)16-12-20(29)26-22-21(16)23(30)27-24(28(22)2)33-13-15-7-5-6-8-17(15)25/h5-11,16H,4,12-13H2,1-3H3,(H,26,29)/t16-/m0/s1. The topological polar surface area (TPSA) is 82.5 Å². The van der Waals surface area contributed by atoms with Crippen molar-refractivity contribution in [2.45, 2.75) is 30.2 Å². The van der Waals surface area contributed by atoms with E-state index in [1.807, 2.05) is 13.0 Å². The molecule has 1 aromatic heterocycles. The van der Waals surface area contributed by atoms with Crippen molar-refractivity contribution in [1.29, 1.82) is 0 Å². The van der Waals surface area contributed by atoms with Crippen molar-refractivity contribution in [2.24, 2.45) is 7.05 Å². The molecule has 1 atom stereocenters. The summed E-state index contributed by atoms with van der Waals surface area (Å²) in [5.74, 6) is 0.841. The number of halogens is 1. The Morgan fingerprint density at radius 1 is 1.21 bits per heavy atom. The summed E-state index contributed by atoms with van der Waals surface area (Å²) < 4.78 is 26.7. The summed E-state index contributed by atoms with van der Waals surface area (Å²) >= 11 is 1.24. The number of benzene rings is 2. The molecule has 0 unspecified atom stereocenters. The molecule has 172 valence electrons. The maximum atomic E-state index is 14.0. The monoisotopic (exact) mass is 469 g/mol. The molecule has 4 rings (SSSR count). The first-order valence-corrected chi connectivity index (χ1v) is 11.5. The van der Waals surface area contributed by atoms with Crippen LogP contribution in [0, 0.1) is 5.82 Å². The highest BCUT2D eigenvalue weighted by atomic mass is 32.2. The van der Waals surface area contributed by atoms with Crippen molar-refractivity contribution in [1.82, 2.24) is 9.55 Å². The summed E-state index contributed by atoms with van der Waals surface area (Å²) in [7, 11) is 3.29. The molecule has 0 fully saturated rings. The van der Waals surface area contributed by atoms with Crippen LogP contribution in [0.5, 0.6) is 11.5 Å². The number of hydrogen-bond donors (Lipinski definition) is 1. The molecule has 0 spiro atoms. The number of nitrogens with zero attached hydrogens (tertiary/aromatic N) is 2. The number of ether oxygens (including phenoxy) is 2. The van der Waals surface area contributed by atoms with Crippen molar-refractivity contribution in [2.75, 3.05) is 19.0 Å². The molecule has 2 aromatic carbocycles. The molecule has 33 heavy (non-hydrogen) atoms. The van der Waals surface area contributed by atoms with E-state index in [-0.39, 0.29) is 18.1 Å². The second kappa shape index (κ2) is 9.66. The van der Waals surface area contributed by atoms with Gasteiger partial charge in [-0.05, 0) is 36.2 Å². The number of fused-ring (bicyclic) bond motifs is 1. The molecule has 7 nitrogen and oxygen atoms in total. The van der Waals surface area contributed by atoms with Crippen LogP contribution in [0.25, 0.3) is 0 Å². The molecule has 0 bridgehead atoms. The number of thioether (sulfide) groups is 1. The van der Waals surface area contributed by atoms with Crippen molar-refractivity contribution in [3.8, 4) is 11.5 Å². The van der Waals surface area contributed by atoms with Gasteiger partial charge in [0.1, 0.15) is 11.6 Å². The van der Waals surface area contributed by atoms with Gasteiger partial charge in [-0.15, -0.1) is 0 Å². The lowest BCUT2D eigenvalue weighted by Gasteiger charge is -2.28. The van der Waals surface area contributed by atoms with Crippen LogP contribution in [0.4, 0.5) is 10.2 Å². The Kier molecular flexibility index (Phi) is 6.69. The van der Waals surface area contributed by atoms with E-state index in [9.17, 15) is 14.0 Å². The maximum absolute atomic E-state index is 14.0. The van der Waals surface area contributed by atoms with E-state index in [2.05, 4.69) is 10.3 Å². The van der Waals surface area contributed by atoms with Gasteiger partial charge in [0.05, 0.1) is 19.3 Å². The Morgan fingerprint density at radius 2 is 2.00 bits per heavy atom. The lowest BCUT2D eigenvalue weighted by molar-refractivity contribution is -0.116. The second-order valence-corrected chi connectivity index (χ2v) is 8.49. The number of amides is 1. The molecule has 0 radical (unpaired) electrons. The molecular formula is C24H24FN3O4S. The number of carbonyl (C=O) groups is 1. The lowest BCUT2D eigenvalue weighted by atomic mass is 9.86. The summed E-state index contributed by atoms with van der Waals surface area (Å²) in [6, 6.07) is 11.9. The number of rotatable bonds is 7. The first-order chi connectivity index (χ1) is 15.9. The van der Waals surface area contributed by atoms with Crippen molar-refractivity contribution in [3.05, 3.63) is 75.3 Å². The predicted octanol–water partition coefficient (Wildman–Crippen LogP) is 4.09. The zero-order valence-electron chi connectivity index (χ0n) is 18.6. The van der Waals surface area contributed by atoms with Gasteiger partial charge in [0, 0.05) is 25.1 Å². The van der Waals surface area contributed by atoms with E-state index >= 15 is 0 Å². The van der Waals surface area contributed by atoms with Gasteiger partial charge in [-0.3, -0.25) is 9.59 Å². The van der Waals surface area contributed by atoms with Gasteiger partial charge >= 0.3 is 0 Å². The van der Waals surface area contributed by atoms with E-state index in [0.717, 1.165) is 5.56 Å². The molecule has 9 heteroatoms. The Hall–Kier alpha value is -3.33. The normalized spacial score (nSPS) is 15.0. The van der Waals surface area contributed by atoms with E-state index in [1.165, 1.54) is 17.8 Å². The molecule has 1 aliphatic heterocycles. The fourth-order valence-corrected chi connectivity index (χ4v) is 4.84. The number of nitrogens with one attached hydrogen (secondary N) is 1. The van der Waals surface area contributed by atoms with Crippen LogP contribution in [0.1, 0.15) is 36.0 Å². The third kappa shape index (κ3) is 4.59. The van der Waals surface area contributed by atoms with Crippen LogP contribution >= 0.6 is 11.8 Å². The minimum atomic E-state index is -0.476. The summed E-state index contributed by atoms with van der Waals surface area (Å²) in [5, 5.41) is 3.22. The average molecular weight is 470 g/mol. The number of carbonyl (C=O) groups excluding carboxylic acids is 1. The highest BCUT2D eigenvalue weighted by Gasteiger charge is 2.32. The Bertz CT molecular complexity index is 1260. The lowest BCUT2D eigenvalue weighted by Crippen LogP contribution is -2.33. The van der Waals surface area contributed by atoms with Crippen molar-refractivity contribution < 1.29 is 18.7 Å². The molecule has 1 amide bonds. The van der Waals surface area contributed by atoms with Gasteiger partial charge in [0.15, 0.2) is 16.7 Å². The van der Waals surface area contributed by atoms with Crippen LogP contribution in [-0.4, -0.2) is 29.2 Å². The molecule has 2 heterocycles. The summed E-state index contributed by atoms with van der Waals surface area (Å²) in [6.45, 7) is 2.32. The number of hydrogen-bond acceptors (Lipinski definition) is 6. The molecule has 1 N–H and O–H groups in total. The van der Waals surface area contributed by atoms with Gasteiger partial charge in [-0.25, -0.2) is 4.39 Å². The third-order valence-corrected chi connectivity index (χ3v) is 6.58. The zero-order valence-corrected chi connectivity index (χ0v) is 19.4. The van der Waals surface area contributed by atoms with Crippen LogP contribution in [0.2, 0.25) is 0 Å². The van der Waals surface area contributed by atoms with Crippen LogP contribution in [-0.2, 0) is 17.6 Å². The average Bonchev–Trinajstić information content (AvgIpc) is 2.81. The zero-order chi connectivity index (χ0) is 23.5. The highest BCUT2D eigenvalue weighted by Crippen LogP contribution is 2.39. The fraction of sp³-hybridized carbons (Fsp3) is 0.292. The number of methoxy groups -OCH3 is 1. The maximum Gasteiger partial charge on any atom is 0.279 e. The molecular weight excluding hydrogens is 445 g/mol. The van der Waals surface area contributed by atoms with E-state index in [4.69, 9.17) is 9.47 Å². The first kappa shape index (κ1) is 22.8. The van der Waals surface area contributed by atoms with Crippen molar-refractivity contribution >= 4 is 23.5 Å². The van der Waals surface area contributed by atoms with Crippen LogP contribution < -0.4 is 20.3 Å². The van der Waals surface area contributed by atoms with Gasteiger partial charge in [-0.2, -0.15) is 4.98 Å². The minimum Gasteiger partial charge on any atom is -0.493 e. The predicted molar refractivity (Wildman–Crippen MR) is 125 cm³/mol. The summed E-state index contributed by atoms with van der Waals surface area (Å²) in [5.41, 5.74) is 1.27. The molecule has 0 saturated heterocycles. The largest absolute Gasteiger partial charge is 0.493 e. The molecule has 0 saturated carbocycles. The minimum absolute atomic E-state index is 0.115. The van der Waals surface area contributed by atoms with E-state index < -0.39 is 11.5 Å².